The van der Waals surface area contributed by atoms with Gasteiger partial charge in [0.25, 0.3) is 5.56 Å². The van der Waals surface area contributed by atoms with Crippen LogP contribution in [0.2, 0.25) is 0 Å². The van der Waals surface area contributed by atoms with E-state index < -0.39 is 0 Å². The third kappa shape index (κ3) is 4.17. The van der Waals surface area contributed by atoms with Gasteiger partial charge in [-0.2, -0.15) is 4.98 Å². The summed E-state index contributed by atoms with van der Waals surface area (Å²) in [6.45, 7) is 6.31. The number of fused-ring (bicyclic) bond motifs is 1. The lowest BCUT2D eigenvalue weighted by molar-refractivity contribution is -0.120. The SMILES string of the molecule is Cc1nc(CC(=O)NCCc2cc3cc(C(C)C)ccc3[nH]c2=O)no1. The molecule has 3 rings (SSSR count). The average molecular weight is 354 g/mol. The fourth-order valence-corrected chi connectivity index (χ4v) is 2.77. The third-order valence-corrected chi connectivity index (χ3v) is 4.22. The second kappa shape index (κ2) is 7.51. The quantitative estimate of drug-likeness (QED) is 0.707. The van der Waals surface area contributed by atoms with Crippen molar-refractivity contribution < 1.29 is 9.32 Å². The Kier molecular flexibility index (Phi) is 5.16. The Morgan fingerprint density at radius 2 is 2.12 bits per heavy atom. The van der Waals surface area contributed by atoms with E-state index in [1.807, 2.05) is 18.2 Å². The third-order valence-electron chi connectivity index (χ3n) is 4.22. The maximum absolute atomic E-state index is 12.2. The lowest BCUT2D eigenvalue weighted by Gasteiger charge is -2.09. The zero-order valence-corrected chi connectivity index (χ0v) is 15.1. The van der Waals surface area contributed by atoms with Gasteiger partial charge in [-0.15, -0.1) is 0 Å². The highest BCUT2D eigenvalue weighted by Crippen LogP contribution is 2.20. The van der Waals surface area contributed by atoms with Gasteiger partial charge in [0, 0.05) is 24.5 Å². The molecule has 0 radical (unpaired) electrons. The lowest BCUT2D eigenvalue weighted by Crippen LogP contribution is -2.29. The summed E-state index contributed by atoms with van der Waals surface area (Å²) in [4.78, 5) is 31.0. The van der Waals surface area contributed by atoms with Gasteiger partial charge in [0.05, 0.1) is 6.42 Å². The van der Waals surface area contributed by atoms with Crippen molar-refractivity contribution in [3.8, 4) is 0 Å². The molecule has 1 amide bonds. The minimum Gasteiger partial charge on any atom is -0.355 e. The largest absolute Gasteiger partial charge is 0.355 e. The van der Waals surface area contributed by atoms with Gasteiger partial charge in [0.2, 0.25) is 11.8 Å². The second-order valence-corrected chi connectivity index (χ2v) is 6.63. The van der Waals surface area contributed by atoms with Gasteiger partial charge in [0.15, 0.2) is 5.82 Å². The smallest absolute Gasteiger partial charge is 0.251 e. The van der Waals surface area contributed by atoms with E-state index in [1.165, 1.54) is 5.56 Å². The predicted octanol–water partition coefficient (Wildman–Crippen LogP) is 2.24. The van der Waals surface area contributed by atoms with Gasteiger partial charge in [-0.05, 0) is 41.5 Å². The highest BCUT2D eigenvalue weighted by atomic mass is 16.5. The Morgan fingerprint density at radius 3 is 2.81 bits per heavy atom. The number of aromatic nitrogens is 3. The van der Waals surface area contributed by atoms with Gasteiger partial charge < -0.3 is 14.8 Å². The van der Waals surface area contributed by atoms with E-state index in [1.54, 1.807) is 6.92 Å². The van der Waals surface area contributed by atoms with Gasteiger partial charge in [-0.1, -0.05) is 25.1 Å². The van der Waals surface area contributed by atoms with Crippen molar-refractivity contribution in [2.45, 2.75) is 39.5 Å². The topological polar surface area (TPSA) is 101 Å². The van der Waals surface area contributed by atoms with E-state index in [2.05, 4.69) is 40.4 Å². The first kappa shape index (κ1) is 17.8. The van der Waals surface area contributed by atoms with Crippen LogP contribution < -0.4 is 10.9 Å². The average Bonchev–Trinajstić information content (AvgIpc) is 2.99. The van der Waals surface area contributed by atoms with E-state index in [9.17, 15) is 9.59 Å². The number of carbonyl (C=O) groups excluding carboxylic acids is 1. The first-order valence-electron chi connectivity index (χ1n) is 8.64. The molecule has 2 aromatic heterocycles. The molecule has 0 bridgehead atoms. The number of pyridine rings is 1. The number of amides is 1. The van der Waals surface area contributed by atoms with E-state index in [4.69, 9.17) is 4.52 Å². The number of aryl methyl sites for hydroxylation is 1. The molecule has 0 aliphatic carbocycles. The molecule has 3 aromatic rings. The van der Waals surface area contributed by atoms with E-state index in [0.717, 1.165) is 10.9 Å². The molecule has 0 saturated carbocycles. The Morgan fingerprint density at radius 1 is 1.31 bits per heavy atom. The van der Waals surface area contributed by atoms with Crippen LogP contribution in [0, 0.1) is 6.92 Å². The number of rotatable bonds is 6. The number of hydrogen-bond acceptors (Lipinski definition) is 5. The fourth-order valence-electron chi connectivity index (χ4n) is 2.77. The Labute approximate surface area is 150 Å². The molecule has 0 atom stereocenters. The molecule has 0 unspecified atom stereocenters. The van der Waals surface area contributed by atoms with Crippen LogP contribution in [0.1, 0.15) is 42.6 Å². The van der Waals surface area contributed by atoms with Gasteiger partial charge >= 0.3 is 0 Å². The molecule has 2 heterocycles. The zero-order chi connectivity index (χ0) is 18.7. The normalized spacial score (nSPS) is 11.2. The number of nitrogens with zero attached hydrogens (tertiary/aromatic N) is 2. The van der Waals surface area contributed by atoms with Crippen molar-refractivity contribution in [2.75, 3.05) is 6.54 Å². The zero-order valence-electron chi connectivity index (χ0n) is 15.1. The molecule has 0 fully saturated rings. The summed E-state index contributed by atoms with van der Waals surface area (Å²) in [5.74, 6) is 0.994. The summed E-state index contributed by atoms with van der Waals surface area (Å²) in [6, 6.07) is 7.96. The maximum atomic E-state index is 12.2. The summed E-state index contributed by atoms with van der Waals surface area (Å²) >= 11 is 0. The Bertz CT molecular complexity index is 988. The number of aromatic amines is 1. The molecule has 2 N–H and O–H groups in total. The monoisotopic (exact) mass is 354 g/mol. The van der Waals surface area contributed by atoms with Crippen molar-refractivity contribution >= 4 is 16.8 Å². The van der Waals surface area contributed by atoms with Crippen molar-refractivity contribution in [3.05, 3.63) is 57.5 Å². The number of benzene rings is 1. The molecular formula is C19H22N4O3. The fraction of sp³-hybridized carbons (Fsp3) is 0.368. The molecule has 0 saturated heterocycles. The highest BCUT2D eigenvalue weighted by molar-refractivity contribution is 5.80. The first-order valence-corrected chi connectivity index (χ1v) is 8.64. The van der Waals surface area contributed by atoms with E-state index in [-0.39, 0.29) is 17.9 Å². The lowest BCUT2D eigenvalue weighted by atomic mass is 10.0. The minimum atomic E-state index is -0.204. The van der Waals surface area contributed by atoms with Crippen molar-refractivity contribution in [2.24, 2.45) is 0 Å². The number of nitrogens with one attached hydrogen (secondary N) is 2. The van der Waals surface area contributed by atoms with Crippen molar-refractivity contribution in [1.29, 1.82) is 0 Å². The molecule has 0 aliphatic rings. The summed E-state index contributed by atoms with van der Waals surface area (Å²) in [5.41, 5.74) is 2.56. The van der Waals surface area contributed by atoms with Crippen molar-refractivity contribution in [1.82, 2.24) is 20.4 Å². The standard InChI is InChI=1S/C19H22N4O3/c1-11(2)13-4-5-16-15(8-13)9-14(19(25)22-16)6-7-20-18(24)10-17-21-12(3)26-23-17/h4-5,8-9,11H,6-7,10H2,1-3H3,(H,20,24)(H,22,25). The van der Waals surface area contributed by atoms with Gasteiger partial charge in [-0.25, -0.2) is 0 Å². The Hall–Kier alpha value is -2.96. The highest BCUT2D eigenvalue weighted by Gasteiger charge is 2.10. The molecule has 0 spiro atoms. The molecule has 1 aromatic carbocycles. The van der Waals surface area contributed by atoms with E-state index in [0.29, 0.717) is 36.2 Å². The molecule has 136 valence electrons. The minimum absolute atomic E-state index is 0.0587. The van der Waals surface area contributed by atoms with Crippen LogP contribution in [0.3, 0.4) is 0 Å². The van der Waals surface area contributed by atoms with Crippen LogP contribution in [0.15, 0.2) is 33.6 Å². The summed E-state index contributed by atoms with van der Waals surface area (Å²) in [5, 5.41) is 7.47. The molecule has 0 aliphatic heterocycles. The van der Waals surface area contributed by atoms with Crippen LogP contribution >= 0.6 is 0 Å². The molecule has 7 nitrogen and oxygen atoms in total. The van der Waals surface area contributed by atoms with E-state index >= 15 is 0 Å². The van der Waals surface area contributed by atoms with Gasteiger partial charge in [-0.3, -0.25) is 9.59 Å². The first-order chi connectivity index (χ1) is 12.4. The molecular weight excluding hydrogens is 332 g/mol. The second-order valence-electron chi connectivity index (χ2n) is 6.63. The van der Waals surface area contributed by atoms with Crippen LogP contribution in [0.25, 0.3) is 10.9 Å². The number of carbonyl (C=O) groups is 1. The van der Waals surface area contributed by atoms with Crippen LogP contribution in [0.4, 0.5) is 0 Å². The summed E-state index contributed by atoms with van der Waals surface area (Å²) < 4.78 is 4.84. The van der Waals surface area contributed by atoms with Crippen LogP contribution in [0.5, 0.6) is 0 Å². The van der Waals surface area contributed by atoms with Gasteiger partial charge in [0.1, 0.15) is 0 Å². The van der Waals surface area contributed by atoms with Crippen LogP contribution in [-0.2, 0) is 17.6 Å². The summed E-state index contributed by atoms with van der Waals surface area (Å²) in [6.07, 6.45) is 0.511. The maximum Gasteiger partial charge on any atom is 0.251 e. The summed E-state index contributed by atoms with van der Waals surface area (Å²) in [7, 11) is 0. The molecule has 26 heavy (non-hydrogen) atoms. The Balaban J connectivity index is 1.65. The van der Waals surface area contributed by atoms with Crippen LogP contribution in [-0.4, -0.2) is 27.6 Å². The number of hydrogen-bond donors (Lipinski definition) is 2. The molecule has 7 heteroatoms. The number of H-pyrrole nitrogens is 1. The predicted molar refractivity (Wildman–Crippen MR) is 98.1 cm³/mol. The van der Waals surface area contributed by atoms with Crippen molar-refractivity contribution in [3.63, 3.8) is 0 Å².